The van der Waals surface area contributed by atoms with Gasteiger partial charge in [0.2, 0.25) is 5.75 Å². The number of methoxy groups -OCH3 is 3. The van der Waals surface area contributed by atoms with E-state index in [0.29, 0.717) is 30.5 Å². The number of phenolic OH excluding ortho intramolecular Hbond substituents is 2. The van der Waals surface area contributed by atoms with Crippen LogP contribution >= 0.6 is 0 Å². The molecule has 2 fully saturated rings. The number of hydrogen-bond acceptors (Lipinski definition) is 7. The maximum absolute atomic E-state index is 10.2. The van der Waals surface area contributed by atoms with Gasteiger partial charge in [-0.1, -0.05) is 6.07 Å². The minimum Gasteiger partial charge on any atom is -0.504 e. The van der Waals surface area contributed by atoms with Crippen LogP contribution in [0.1, 0.15) is 23.3 Å². The summed E-state index contributed by atoms with van der Waals surface area (Å²) in [5, 5.41) is 20.0. The maximum atomic E-state index is 10.2. The normalized spacial score (nSPS) is 26.1. The standard InChI is InChI=1S/C21H24O7/c1-24-16-6-11(4-5-15(16)22)20-13-9-28-21(14(13)10-27-20)12-7-17(25-2)19(23)18(8-12)26-3/h4-8,13-14,20-23H,9-10H2,1-3H3/t13-,14-,20+,21+/m0/s1/i9+1,13+1,20+1. The molecule has 0 bridgehead atoms. The SMILES string of the molecule is COc1cc([13C@H]2OC[C@@H]3[C@@H](c4cc(OC)c(O)c(OC)c4)O[13CH2][13C@@H]32)ccc1O. The van der Waals surface area contributed by atoms with Crippen molar-refractivity contribution in [1.82, 2.24) is 0 Å². The Kier molecular flexibility index (Phi) is 4.95. The smallest absolute Gasteiger partial charge is 0.200 e. The van der Waals surface area contributed by atoms with Crippen molar-refractivity contribution in [3.63, 3.8) is 0 Å². The molecule has 2 saturated heterocycles. The fourth-order valence-corrected chi connectivity index (χ4v) is 4.18. The van der Waals surface area contributed by atoms with Crippen LogP contribution in [0.3, 0.4) is 0 Å². The Hall–Kier alpha value is -2.64. The van der Waals surface area contributed by atoms with Gasteiger partial charge in [-0.2, -0.15) is 0 Å². The van der Waals surface area contributed by atoms with Crippen molar-refractivity contribution in [3.05, 3.63) is 41.5 Å². The zero-order valence-corrected chi connectivity index (χ0v) is 16.0. The van der Waals surface area contributed by atoms with Gasteiger partial charge in [-0.25, -0.2) is 0 Å². The molecule has 2 heterocycles. The van der Waals surface area contributed by atoms with Crippen LogP contribution in [0, 0.1) is 11.8 Å². The Labute approximate surface area is 163 Å². The predicted molar refractivity (Wildman–Crippen MR) is 100 cm³/mol. The monoisotopic (exact) mass is 391 g/mol. The lowest BCUT2D eigenvalue weighted by Gasteiger charge is -2.19. The molecule has 2 aliphatic heterocycles. The fraction of sp³-hybridized carbons (Fsp3) is 0.429. The van der Waals surface area contributed by atoms with Crippen LogP contribution in [0.15, 0.2) is 30.3 Å². The van der Waals surface area contributed by atoms with Crippen molar-refractivity contribution < 1.29 is 33.9 Å². The fourth-order valence-electron chi connectivity index (χ4n) is 4.18. The molecule has 2 aliphatic rings. The summed E-state index contributed by atoms with van der Waals surface area (Å²) in [6.45, 7) is 1.10. The van der Waals surface area contributed by atoms with E-state index in [9.17, 15) is 10.2 Å². The average Bonchev–Trinajstić information content (AvgIpc) is 3.31. The molecule has 0 amide bonds. The van der Waals surface area contributed by atoms with E-state index in [2.05, 4.69) is 0 Å². The molecule has 4 rings (SSSR count). The van der Waals surface area contributed by atoms with E-state index >= 15 is 0 Å². The number of phenols is 2. The first kappa shape index (κ1) is 18.7. The van der Waals surface area contributed by atoms with E-state index < -0.39 is 0 Å². The van der Waals surface area contributed by atoms with Gasteiger partial charge in [0.25, 0.3) is 0 Å². The van der Waals surface area contributed by atoms with Crippen molar-refractivity contribution in [1.29, 1.82) is 0 Å². The van der Waals surface area contributed by atoms with Crippen LogP contribution in [-0.4, -0.2) is 44.8 Å². The summed E-state index contributed by atoms with van der Waals surface area (Å²) in [6.07, 6.45) is -0.317. The third kappa shape index (κ3) is 3.00. The number of benzene rings is 2. The third-order valence-electron chi connectivity index (χ3n) is 5.63. The number of fused-ring (bicyclic) bond motifs is 1. The molecule has 0 unspecified atom stereocenters. The van der Waals surface area contributed by atoms with E-state index in [4.69, 9.17) is 23.7 Å². The molecule has 2 aromatic carbocycles. The molecular weight excluding hydrogens is 367 g/mol. The van der Waals surface area contributed by atoms with Gasteiger partial charge in [0, 0.05) is 11.8 Å². The predicted octanol–water partition coefficient (Wildman–Crippen LogP) is 3.20. The number of rotatable bonds is 5. The summed E-state index contributed by atoms with van der Waals surface area (Å²) >= 11 is 0. The Bertz CT molecular complexity index is 841. The summed E-state index contributed by atoms with van der Waals surface area (Å²) in [5.41, 5.74) is 1.83. The van der Waals surface area contributed by atoms with E-state index in [0.717, 1.165) is 11.1 Å². The summed E-state index contributed by atoms with van der Waals surface area (Å²) in [7, 11) is 4.53. The zero-order valence-electron chi connectivity index (χ0n) is 16.0. The first-order valence-corrected chi connectivity index (χ1v) is 9.12. The number of hydrogen-bond donors (Lipinski definition) is 2. The van der Waals surface area contributed by atoms with Crippen LogP contribution in [-0.2, 0) is 9.47 Å². The van der Waals surface area contributed by atoms with Crippen LogP contribution < -0.4 is 14.2 Å². The van der Waals surface area contributed by atoms with Gasteiger partial charge in [-0.3, -0.25) is 0 Å². The highest BCUT2D eigenvalue weighted by Gasteiger charge is 2.48. The Morgan fingerprint density at radius 1 is 0.750 bits per heavy atom. The van der Waals surface area contributed by atoms with E-state index in [1.54, 1.807) is 18.2 Å². The van der Waals surface area contributed by atoms with Crippen molar-refractivity contribution >= 4 is 0 Å². The second kappa shape index (κ2) is 7.41. The minimum atomic E-state index is -0.183. The molecule has 7 heteroatoms. The number of ether oxygens (including phenoxy) is 5. The van der Waals surface area contributed by atoms with Gasteiger partial charge in [0.05, 0.1) is 46.8 Å². The number of aromatic hydroxyl groups is 2. The van der Waals surface area contributed by atoms with Crippen molar-refractivity contribution in [2.24, 2.45) is 11.8 Å². The molecule has 0 spiro atoms. The lowest BCUT2D eigenvalue weighted by molar-refractivity contribution is 0.0191. The highest BCUT2D eigenvalue weighted by molar-refractivity contribution is 5.53. The maximum Gasteiger partial charge on any atom is 0.200 e. The summed E-state index contributed by atoms with van der Waals surface area (Å²) in [5.74, 6) is 1.52. The molecule has 4 atom stereocenters. The van der Waals surface area contributed by atoms with Crippen LogP contribution in [0.5, 0.6) is 28.7 Å². The molecule has 2 N–H and O–H groups in total. The average molecular weight is 391 g/mol. The van der Waals surface area contributed by atoms with Gasteiger partial charge in [0.15, 0.2) is 23.0 Å². The van der Waals surface area contributed by atoms with Crippen molar-refractivity contribution in [3.8, 4) is 28.7 Å². The molecule has 0 radical (unpaired) electrons. The van der Waals surface area contributed by atoms with Crippen LogP contribution in [0.4, 0.5) is 0 Å². The molecule has 0 aromatic heterocycles. The Balaban J connectivity index is 1.61. The van der Waals surface area contributed by atoms with Gasteiger partial charge >= 0.3 is 0 Å². The minimum absolute atomic E-state index is 0.0277. The molecule has 0 saturated carbocycles. The van der Waals surface area contributed by atoms with Crippen molar-refractivity contribution in [2.45, 2.75) is 12.2 Å². The van der Waals surface area contributed by atoms with Crippen LogP contribution in [0.2, 0.25) is 0 Å². The largest absolute Gasteiger partial charge is 0.504 e. The molecule has 7 nitrogen and oxygen atoms in total. The van der Waals surface area contributed by atoms with E-state index in [1.165, 1.54) is 21.3 Å². The van der Waals surface area contributed by atoms with Gasteiger partial charge in [0.1, 0.15) is 0 Å². The highest BCUT2D eigenvalue weighted by atomic mass is 16.6. The molecule has 150 valence electrons. The molecular formula is C21H24O7. The third-order valence-corrected chi connectivity index (χ3v) is 5.63. The van der Waals surface area contributed by atoms with Gasteiger partial charge in [-0.05, 0) is 35.4 Å². The quantitative estimate of drug-likeness (QED) is 0.757. The Morgan fingerprint density at radius 2 is 1.25 bits per heavy atom. The lowest BCUT2D eigenvalue weighted by atomic mass is 10.00. The first-order valence-electron chi connectivity index (χ1n) is 9.12. The summed E-state index contributed by atoms with van der Waals surface area (Å²) < 4.78 is 28.0. The molecule has 28 heavy (non-hydrogen) atoms. The second-order valence-electron chi connectivity index (χ2n) is 7.04. The van der Waals surface area contributed by atoms with Gasteiger partial charge in [-0.15, -0.1) is 0 Å². The van der Waals surface area contributed by atoms with Gasteiger partial charge < -0.3 is 33.9 Å². The van der Waals surface area contributed by atoms with E-state index in [-0.39, 0.29) is 35.5 Å². The highest BCUT2D eigenvalue weighted by Crippen LogP contribution is 2.52. The summed E-state index contributed by atoms with van der Waals surface area (Å²) in [4.78, 5) is 0. The van der Waals surface area contributed by atoms with Crippen LogP contribution in [0.25, 0.3) is 0 Å². The second-order valence-corrected chi connectivity index (χ2v) is 7.04. The van der Waals surface area contributed by atoms with E-state index in [1.807, 2.05) is 12.1 Å². The summed E-state index contributed by atoms with van der Waals surface area (Å²) in [6, 6.07) is 8.84. The molecule has 2 aromatic rings. The zero-order chi connectivity index (χ0) is 19.8. The molecule has 0 aliphatic carbocycles. The first-order chi connectivity index (χ1) is 13.6. The lowest BCUT2D eigenvalue weighted by Crippen LogP contribution is -2.14. The topological polar surface area (TPSA) is 86.6 Å². The van der Waals surface area contributed by atoms with Crippen molar-refractivity contribution in [2.75, 3.05) is 34.5 Å². The Morgan fingerprint density at radius 3 is 1.79 bits per heavy atom.